The van der Waals surface area contributed by atoms with Crippen molar-refractivity contribution in [2.75, 3.05) is 5.75 Å². The molecule has 4 aromatic rings. The number of carbonyl (C=O) groups is 1. The van der Waals surface area contributed by atoms with Gasteiger partial charge in [0.2, 0.25) is 0 Å². The first-order valence-electron chi connectivity index (χ1n) is 8.61. The Hall–Kier alpha value is -2.77. The minimum atomic E-state index is -0.336. The highest BCUT2D eigenvalue weighted by molar-refractivity contribution is 7.99. The van der Waals surface area contributed by atoms with Gasteiger partial charge >= 0.3 is 0 Å². The van der Waals surface area contributed by atoms with Gasteiger partial charge in [-0.3, -0.25) is 9.36 Å². The largest absolute Gasteiger partial charge is 0.292 e. The van der Waals surface area contributed by atoms with Gasteiger partial charge in [0, 0.05) is 16.1 Å². The number of rotatable bonds is 6. The van der Waals surface area contributed by atoms with Crippen molar-refractivity contribution in [1.82, 2.24) is 14.8 Å². The molecule has 0 spiro atoms. The molecule has 0 aliphatic carbocycles. The number of aryl methyl sites for hydroxylation is 1. The van der Waals surface area contributed by atoms with Crippen molar-refractivity contribution in [3.63, 3.8) is 0 Å². The molecule has 2 aromatic heterocycles. The number of Topliss-reactive ketones (excluding diaryl/α,β-unsaturated/α-hetero) is 1. The fraction of sp³-hybridized carbons (Fsp3) is 0.0952. The molecule has 0 atom stereocenters. The SMILES string of the molecule is Cc1ccc(C(=O)CSc2nnc(-c3cccc(F)c3)n2-c2ccccc2)s1. The maximum Gasteiger partial charge on any atom is 0.196 e. The van der Waals surface area contributed by atoms with Crippen LogP contribution in [0.25, 0.3) is 17.1 Å². The van der Waals surface area contributed by atoms with Crippen LogP contribution in [0.1, 0.15) is 14.5 Å². The molecule has 2 heterocycles. The maximum absolute atomic E-state index is 13.7. The summed E-state index contributed by atoms with van der Waals surface area (Å²) in [6.45, 7) is 1.98. The van der Waals surface area contributed by atoms with Gasteiger partial charge in [-0.1, -0.05) is 42.1 Å². The normalized spacial score (nSPS) is 10.9. The second-order valence-electron chi connectivity index (χ2n) is 6.11. The number of hydrogen-bond donors (Lipinski definition) is 0. The number of thiophene rings is 1. The van der Waals surface area contributed by atoms with Gasteiger partial charge in [0.1, 0.15) is 5.82 Å². The Morgan fingerprint density at radius 1 is 1.07 bits per heavy atom. The average molecular weight is 410 g/mol. The van der Waals surface area contributed by atoms with E-state index in [9.17, 15) is 9.18 Å². The quantitative estimate of drug-likeness (QED) is 0.315. The zero-order valence-electron chi connectivity index (χ0n) is 15.0. The first-order chi connectivity index (χ1) is 13.6. The lowest BCUT2D eigenvalue weighted by molar-refractivity contribution is 0.102. The van der Waals surface area contributed by atoms with E-state index in [4.69, 9.17) is 0 Å². The summed E-state index contributed by atoms with van der Waals surface area (Å²) in [6, 6.07) is 19.7. The molecule has 4 nitrogen and oxygen atoms in total. The Bertz CT molecular complexity index is 1120. The van der Waals surface area contributed by atoms with Gasteiger partial charge < -0.3 is 0 Å². The van der Waals surface area contributed by atoms with Gasteiger partial charge in [0.25, 0.3) is 0 Å². The van der Waals surface area contributed by atoms with Crippen LogP contribution in [-0.2, 0) is 0 Å². The number of benzene rings is 2. The third-order valence-corrected chi connectivity index (χ3v) is 6.05. The monoisotopic (exact) mass is 409 g/mol. The lowest BCUT2D eigenvalue weighted by atomic mass is 10.2. The predicted octanol–water partition coefficient (Wildman–Crippen LogP) is 5.42. The first-order valence-corrected chi connectivity index (χ1v) is 10.4. The number of thioether (sulfide) groups is 1. The zero-order chi connectivity index (χ0) is 19.5. The molecule has 0 amide bonds. The minimum absolute atomic E-state index is 0.0537. The summed E-state index contributed by atoms with van der Waals surface area (Å²) in [7, 11) is 0. The highest BCUT2D eigenvalue weighted by Gasteiger charge is 2.18. The van der Waals surface area contributed by atoms with Crippen LogP contribution in [0.3, 0.4) is 0 Å². The van der Waals surface area contributed by atoms with Gasteiger partial charge in [0.05, 0.1) is 10.6 Å². The number of halogens is 1. The van der Waals surface area contributed by atoms with Gasteiger partial charge in [-0.05, 0) is 43.3 Å². The van der Waals surface area contributed by atoms with Crippen LogP contribution in [0, 0.1) is 12.7 Å². The molecule has 0 saturated heterocycles. The van der Waals surface area contributed by atoms with Crippen molar-refractivity contribution >= 4 is 28.9 Å². The molecule has 0 aliphatic heterocycles. The van der Waals surface area contributed by atoms with E-state index in [2.05, 4.69) is 10.2 Å². The third kappa shape index (κ3) is 3.90. The van der Waals surface area contributed by atoms with E-state index >= 15 is 0 Å². The van der Waals surface area contributed by atoms with Crippen LogP contribution in [-0.4, -0.2) is 26.3 Å². The number of aromatic nitrogens is 3. The third-order valence-electron chi connectivity index (χ3n) is 4.08. The summed E-state index contributed by atoms with van der Waals surface area (Å²) < 4.78 is 15.6. The van der Waals surface area contributed by atoms with Crippen molar-refractivity contribution in [2.24, 2.45) is 0 Å². The first kappa shape index (κ1) is 18.6. The van der Waals surface area contributed by atoms with E-state index in [0.29, 0.717) is 16.5 Å². The molecule has 4 rings (SSSR count). The minimum Gasteiger partial charge on any atom is -0.292 e. The Labute approximate surface area is 170 Å². The summed E-state index contributed by atoms with van der Waals surface area (Å²) in [5.41, 5.74) is 1.48. The fourth-order valence-electron chi connectivity index (χ4n) is 2.77. The van der Waals surface area contributed by atoms with E-state index in [-0.39, 0.29) is 17.4 Å². The number of nitrogens with zero attached hydrogens (tertiary/aromatic N) is 3. The zero-order valence-corrected chi connectivity index (χ0v) is 16.6. The van der Waals surface area contributed by atoms with Crippen LogP contribution in [0.4, 0.5) is 4.39 Å². The van der Waals surface area contributed by atoms with Crippen LogP contribution >= 0.6 is 23.1 Å². The van der Waals surface area contributed by atoms with Gasteiger partial charge in [-0.25, -0.2) is 4.39 Å². The van der Waals surface area contributed by atoms with E-state index in [1.807, 2.05) is 54.0 Å². The van der Waals surface area contributed by atoms with Gasteiger partial charge in [0.15, 0.2) is 16.8 Å². The number of para-hydroxylation sites is 1. The van der Waals surface area contributed by atoms with E-state index < -0.39 is 0 Å². The second kappa shape index (κ2) is 8.08. The molecule has 7 heteroatoms. The Morgan fingerprint density at radius 3 is 2.61 bits per heavy atom. The van der Waals surface area contributed by atoms with Crippen LogP contribution in [0.5, 0.6) is 0 Å². The standard InChI is InChI=1S/C21H16FN3OS2/c1-14-10-11-19(28-14)18(26)13-27-21-24-23-20(15-6-5-7-16(22)12-15)25(21)17-8-3-2-4-9-17/h2-12H,13H2,1H3. The van der Waals surface area contributed by atoms with E-state index in [1.165, 1.54) is 35.2 Å². The van der Waals surface area contributed by atoms with Gasteiger partial charge in [-0.15, -0.1) is 21.5 Å². The van der Waals surface area contributed by atoms with E-state index in [1.54, 1.807) is 12.1 Å². The number of hydrogen-bond acceptors (Lipinski definition) is 5. The molecule has 2 aromatic carbocycles. The molecular weight excluding hydrogens is 393 g/mol. The van der Waals surface area contributed by atoms with Crippen molar-refractivity contribution in [3.8, 4) is 17.1 Å². The predicted molar refractivity (Wildman–Crippen MR) is 111 cm³/mol. The summed E-state index contributed by atoms with van der Waals surface area (Å²) in [6.07, 6.45) is 0. The lowest BCUT2D eigenvalue weighted by Crippen LogP contribution is -2.03. The Morgan fingerprint density at radius 2 is 1.89 bits per heavy atom. The molecule has 0 saturated carbocycles. The molecule has 0 radical (unpaired) electrons. The van der Waals surface area contributed by atoms with E-state index in [0.717, 1.165) is 15.4 Å². The van der Waals surface area contributed by atoms with Crippen molar-refractivity contribution in [1.29, 1.82) is 0 Å². The summed E-state index contributed by atoms with van der Waals surface area (Å²) in [5, 5.41) is 9.14. The molecule has 140 valence electrons. The Kier molecular flexibility index (Phi) is 5.36. The van der Waals surface area contributed by atoms with Crippen molar-refractivity contribution in [2.45, 2.75) is 12.1 Å². The van der Waals surface area contributed by atoms with Crippen molar-refractivity contribution in [3.05, 3.63) is 82.3 Å². The molecule has 0 unspecified atom stereocenters. The van der Waals surface area contributed by atoms with Crippen LogP contribution in [0.2, 0.25) is 0 Å². The van der Waals surface area contributed by atoms with Crippen LogP contribution < -0.4 is 0 Å². The number of ketones is 1. The summed E-state index contributed by atoms with van der Waals surface area (Å²) >= 11 is 2.81. The van der Waals surface area contributed by atoms with Crippen LogP contribution in [0.15, 0.2) is 71.9 Å². The maximum atomic E-state index is 13.7. The number of carbonyl (C=O) groups excluding carboxylic acids is 1. The molecule has 0 aliphatic rings. The molecular formula is C21H16FN3OS2. The topological polar surface area (TPSA) is 47.8 Å². The van der Waals surface area contributed by atoms with Gasteiger partial charge in [-0.2, -0.15) is 0 Å². The fourth-order valence-corrected chi connectivity index (χ4v) is 4.51. The smallest absolute Gasteiger partial charge is 0.196 e. The Balaban J connectivity index is 1.68. The highest BCUT2D eigenvalue weighted by atomic mass is 32.2. The highest BCUT2D eigenvalue weighted by Crippen LogP contribution is 2.29. The molecule has 0 bridgehead atoms. The average Bonchev–Trinajstić information content (AvgIpc) is 3.33. The molecule has 28 heavy (non-hydrogen) atoms. The van der Waals surface area contributed by atoms with Crippen molar-refractivity contribution < 1.29 is 9.18 Å². The lowest BCUT2D eigenvalue weighted by Gasteiger charge is -2.10. The summed E-state index contributed by atoms with van der Waals surface area (Å²) in [5.74, 6) is 0.511. The second-order valence-corrected chi connectivity index (χ2v) is 8.34. The summed E-state index contributed by atoms with van der Waals surface area (Å²) in [4.78, 5) is 14.3. The molecule has 0 N–H and O–H groups in total. The molecule has 0 fully saturated rings.